The highest BCUT2D eigenvalue weighted by molar-refractivity contribution is 5.38. The van der Waals surface area contributed by atoms with E-state index in [2.05, 4.69) is 4.98 Å². The minimum atomic E-state index is -1.36. The van der Waals surface area contributed by atoms with Gasteiger partial charge in [-0.1, -0.05) is 0 Å². The number of anilines is 1. The molecule has 0 bridgehead atoms. The van der Waals surface area contributed by atoms with Crippen LogP contribution in [-0.2, 0) is 4.74 Å². The number of aliphatic hydroxyl groups is 3. The van der Waals surface area contributed by atoms with Crippen LogP contribution in [0.15, 0.2) is 11.0 Å². The lowest BCUT2D eigenvalue weighted by molar-refractivity contribution is -0.0550. The summed E-state index contributed by atoms with van der Waals surface area (Å²) < 4.78 is 6.22. The summed E-state index contributed by atoms with van der Waals surface area (Å²) >= 11 is 0. The van der Waals surface area contributed by atoms with Crippen molar-refractivity contribution in [3.63, 3.8) is 0 Å². The van der Waals surface area contributed by atoms with E-state index in [-0.39, 0.29) is 5.82 Å². The predicted octanol–water partition coefficient (Wildman–Crippen LogP) is -2.04. The highest BCUT2D eigenvalue weighted by atomic mass is 16.6. The van der Waals surface area contributed by atoms with E-state index in [1.165, 1.54) is 6.20 Å². The van der Waals surface area contributed by atoms with Crippen molar-refractivity contribution in [3.8, 4) is 0 Å². The van der Waals surface area contributed by atoms with Gasteiger partial charge in [0.25, 0.3) is 0 Å². The molecule has 0 unspecified atom stereocenters. The number of ether oxygens (including phenoxy) is 1. The number of nitrogens with zero attached hydrogens (tertiary/aromatic N) is 2. The maximum atomic E-state index is 11.8. The van der Waals surface area contributed by atoms with Gasteiger partial charge in [0.2, 0.25) is 0 Å². The molecule has 1 aromatic heterocycles. The molecule has 0 aliphatic carbocycles. The predicted molar refractivity (Wildman–Crippen MR) is 61.7 cm³/mol. The average molecular weight is 273 g/mol. The van der Waals surface area contributed by atoms with Crippen LogP contribution in [0, 0.1) is 6.92 Å². The Morgan fingerprint density at radius 1 is 1.47 bits per heavy atom. The number of aryl methyl sites for hydroxylation is 1. The maximum absolute atomic E-state index is 11.8. The summed E-state index contributed by atoms with van der Waals surface area (Å²) in [4.78, 5) is 15.3. The third-order valence-electron chi connectivity index (χ3n) is 3.03. The van der Waals surface area contributed by atoms with Crippen LogP contribution in [0.1, 0.15) is 11.8 Å². The smallest absolute Gasteiger partial charge is 0.351 e. The van der Waals surface area contributed by atoms with E-state index in [0.29, 0.717) is 5.56 Å². The Balaban J connectivity index is 2.38. The van der Waals surface area contributed by atoms with Crippen LogP contribution >= 0.6 is 0 Å². The van der Waals surface area contributed by atoms with Crippen LogP contribution in [0.5, 0.6) is 0 Å². The Bertz CT molecular complexity index is 518. The Labute approximate surface area is 107 Å². The molecule has 0 aromatic carbocycles. The van der Waals surface area contributed by atoms with Gasteiger partial charge in [-0.3, -0.25) is 15.3 Å². The molecule has 2 rings (SSSR count). The van der Waals surface area contributed by atoms with E-state index in [9.17, 15) is 15.0 Å². The van der Waals surface area contributed by atoms with Crippen molar-refractivity contribution in [1.29, 1.82) is 0 Å². The van der Waals surface area contributed by atoms with E-state index in [0.717, 1.165) is 4.57 Å². The van der Waals surface area contributed by atoms with Gasteiger partial charge in [0.15, 0.2) is 12.0 Å². The highest BCUT2D eigenvalue weighted by Gasteiger charge is 2.43. The monoisotopic (exact) mass is 273 g/mol. The van der Waals surface area contributed by atoms with E-state index in [4.69, 9.17) is 15.1 Å². The largest absolute Gasteiger partial charge is 0.394 e. The van der Waals surface area contributed by atoms with Gasteiger partial charge in [0.05, 0.1) is 6.61 Å². The van der Waals surface area contributed by atoms with Crippen molar-refractivity contribution < 1.29 is 25.3 Å². The van der Waals surface area contributed by atoms with Crippen LogP contribution in [0.2, 0.25) is 0 Å². The summed E-state index contributed by atoms with van der Waals surface area (Å²) in [5, 5.41) is 37.2. The van der Waals surface area contributed by atoms with Gasteiger partial charge in [-0.2, -0.15) is 4.98 Å². The summed E-state index contributed by atoms with van der Waals surface area (Å²) in [5.41, 5.74) is 1.45. The summed E-state index contributed by atoms with van der Waals surface area (Å²) in [5.74, 6) is -0.00649. The molecule has 9 heteroatoms. The van der Waals surface area contributed by atoms with E-state index in [1.807, 2.05) is 0 Å². The van der Waals surface area contributed by atoms with Crippen LogP contribution in [-0.4, -0.2) is 55.0 Å². The molecule has 1 aliphatic heterocycles. The van der Waals surface area contributed by atoms with Gasteiger partial charge in [0.1, 0.15) is 18.3 Å². The second-order valence-corrected chi connectivity index (χ2v) is 4.30. The first-order chi connectivity index (χ1) is 8.99. The van der Waals surface area contributed by atoms with Crippen molar-refractivity contribution >= 4 is 5.82 Å². The molecular weight excluding hydrogens is 258 g/mol. The molecule has 1 saturated heterocycles. The molecule has 106 valence electrons. The number of aromatic nitrogens is 2. The van der Waals surface area contributed by atoms with Crippen molar-refractivity contribution in [2.75, 3.05) is 12.1 Å². The molecule has 4 atom stereocenters. The van der Waals surface area contributed by atoms with E-state index < -0.39 is 36.8 Å². The Kier molecular flexibility index (Phi) is 3.83. The fraction of sp³-hybridized carbons (Fsp3) is 0.600. The summed E-state index contributed by atoms with van der Waals surface area (Å²) in [6.07, 6.45) is -3.43. The normalized spacial score (nSPS) is 30.6. The van der Waals surface area contributed by atoms with Gasteiger partial charge in [-0.15, -0.1) is 0 Å². The first kappa shape index (κ1) is 13.9. The zero-order valence-corrected chi connectivity index (χ0v) is 10.1. The Morgan fingerprint density at radius 2 is 2.16 bits per heavy atom. The van der Waals surface area contributed by atoms with Crippen molar-refractivity contribution in [1.82, 2.24) is 9.55 Å². The zero-order chi connectivity index (χ0) is 14.2. The lowest BCUT2D eigenvalue weighted by Gasteiger charge is -2.18. The maximum Gasteiger partial charge on any atom is 0.351 e. The molecule has 1 fully saturated rings. The minimum Gasteiger partial charge on any atom is -0.394 e. The number of hydrogen-bond acceptors (Lipinski definition) is 8. The number of nitrogens with one attached hydrogen (secondary N) is 1. The third-order valence-corrected chi connectivity index (χ3v) is 3.03. The first-order valence-corrected chi connectivity index (χ1v) is 5.62. The van der Waals surface area contributed by atoms with E-state index >= 15 is 0 Å². The fourth-order valence-corrected chi connectivity index (χ4v) is 1.97. The second kappa shape index (κ2) is 5.23. The molecule has 19 heavy (non-hydrogen) atoms. The lowest BCUT2D eigenvalue weighted by Crippen LogP contribution is -2.36. The molecule has 9 nitrogen and oxygen atoms in total. The topological polar surface area (TPSA) is 137 Å². The molecule has 2 heterocycles. The molecule has 1 aliphatic rings. The first-order valence-electron chi connectivity index (χ1n) is 5.62. The Morgan fingerprint density at radius 3 is 2.68 bits per heavy atom. The standard InChI is InChI=1S/C10H15N3O6/c1-4-2-13(10(17)11-8(4)12-18)9-7(16)6(15)5(3-14)19-9/h2,5-7,9,14-16,18H,3H2,1H3,(H,11,12,17)/t5-,6-,7-,9-/m1/s1. The molecule has 0 spiro atoms. The average Bonchev–Trinajstić information content (AvgIpc) is 2.68. The van der Waals surface area contributed by atoms with Crippen LogP contribution in [0.4, 0.5) is 5.82 Å². The van der Waals surface area contributed by atoms with Gasteiger partial charge in [-0.25, -0.2) is 4.79 Å². The van der Waals surface area contributed by atoms with E-state index in [1.54, 1.807) is 12.4 Å². The quantitative estimate of drug-likeness (QED) is 0.397. The summed E-state index contributed by atoms with van der Waals surface area (Å²) in [6, 6.07) is 0. The molecule has 1 aromatic rings. The fourth-order valence-electron chi connectivity index (χ4n) is 1.97. The highest BCUT2D eigenvalue weighted by Crippen LogP contribution is 2.28. The molecule has 0 saturated carbocycles. The van der Waals surface area contributed by atoms with Crippen molar-refractivity contribution in [2.45, 2.75) is 31.5 Å². The van der Waals surface area contributed by atoms with Gasteiger partial charge < -0.3 is 20.1 Å². The minimum absolute atomic E-state index is 0.00649. The van der Waals surface area contributed by atoms with Gasteiger partial charge in [-0.05, 0) is 6.92 Å². The zero-order valence-electron chi connectivity index (χ0n) is 10.1. The lowest BCUT2D eigenvalue weighted by atomic mass is 10.1. The molecule has 0 amide bonds. The molecule has 0 radical (unpaired) electrons. The van der Waals surface area contributed by atoms with Gasteiger partial charge >= 0.3 is 5.69 Å². The third kappa shape index (κ3) is 2.33. The second-order valence-electron chi connectivity index (χ2n) is 4.30. The number of aliphatic hydroxyl groups excluding tert-OH is 3. The molecule has 5 N–H and O–H groups in total. The Hall–Kier alpha value is -1.52. The van der Waals surface area contributed by atoms with Gasteiger partial charge in [0, 0.05) is 11.8 Å². The number of hydrogen-bond donors (Lipinski definition) is 5. The van der Waals surface area contributed by atoms with Crippen molar-refractivity contribution in [3.05, 3.63) is 22.2 Å². The number of rotatable bonds is 3. The molecular formula is C10H15N3O6. The van der Waals surface area contributed by atoms with Crippen LogP contribution < -0.4 is 11.2 Å². The van der Waals surface area contributed by atoms with Crippen LogP contribution in [0.3, 0.4) is 0 Å². The summed E-state index contributed by atoms with van der Waals surface area (Å²) in [6.45, 7) is 1.11. The van der Waals surface area contributed by atoms with Crippen molar-refractivity contribution in [2.24, 2.45) is 0 Å². The SMILES string of the molecule is Cc1cn([C@@H]2O[C@H](CO)[C@@H](O)[C@H]2O)c(=O)nc1NO. The van der Waals surface area contributed by atoms with Crippen LogP contribution in [0.25, 0.3) is 0 Å². The summed E-state index contributed by atoms with van der Waals surface area (Å²) in [7, 11) is 0.